The lowest BCUT2D eigenvalue weighted by molar-refractivity contribution is -0.384. The molecule has 0 unspecified atom stereocenters. The summed E-state index contributed by atoms with van der Waals surface area (Å²) < 4.78 is 14.5. The highest BCUT2D eigenvalue weighted by atomic mass is 35.5. The summed E-state index contributed by atoms with van der Waals surface area (Å²) in [4.78, 5) is 22.4. The molecule has 0 saturated heterocycles. The third-order valence-corrected chi connectivity index (χ3v) is 3.63. The van der Waals surface area contributed by atoms with Crippen LogP contribution in [0.2, 0.25) is 5.02 Å². The van der Waals surface area contributed by atoms with Crippen LogP contribution >= 0.6 is 11.6 Å². The van der Waals surface area contributed by atoms with Gasteiger partial charge in [0.15, 0.2) is 0 Å². The molecule has 0 fully saturated rings. The lowest BCUT2D eigenvalue weighted by Crippen LogP contribution is -2.19. The van der Waals surface area contributed by atoms with Gasteiger partial charge in [-0.25, -0.2) is 4.39 Å². The van der Waals surface area contributed by atoms with Crippen LogP contribution in [0.5, 0.6) is 0 Å². The second kappa shape index (κ2) is 6.25. The van der Waals surface area contributed by atoms with Gasteiger partial charge in [-0.3, -0.25) is 19.6 Å². The first kappa shape index (κ1) is 15.9. The minimum absolute atomic E-state index is 0.0880. The van der Waals surface area contributed by atoms with Gasteiger partial charge in [-0.15, -0.1) is 0 Å². The first-order chi connectivity index (χ1) is 11.4. The van der Waals surface area contributed by atoms with Crippen LogP contribution in [0.1, 0.15) is 0 Å². The molecule has 0 bridgehead atoms. The number of rotatable bonds is 4. The molecule has 24 heavy (non-hydrogen) atoms. The number of halogens is 2. The second-order valence-electron chi connectivity index (χ2n) is 4.98. The highest BCUT2D eigenvalue weighted by Gasteiger charge is 2.13. The Kier molecular flexibility index (Phi) is 4.13. The van der Waals surface area contributed by atoms with Crippen molar-refractivity contribution in [1.29, 1.82) is 0 Å². The smallest absolute Gasteiger partial charge is 0.271 e. The fourth-order valence-electron chi connectivity index (χ4n) is 2.21. The first-order valence-electron chi connectivity index (χ1n) is 6.79. The molecule has 1 heterocycles. The van der Waals surface area contributed by atoms with Crippen LogP contribution in [0.15, 0.2) is 42.6 Å². The largest absolute Gasteiger partial charge is 0.324 e. The molecule has 1 aromatic heterocycles. The molecule has 0 radical (unpaired) electrons. The number of anilines is 1. The van der Waals surface area contributed by atoms with Gasteiger partial charge in [-0.1, -0.05) is 11.6 Å². The number of fused-ring (bicyclic) bond motifs is 1. The van der Waals surface area contributed by atoms with Crippen LogP contribution in [-0.2, 0) is 11.3 Å². The molecule has 1 amide bonds. The number of carbonyl (C=O) groups is 1. The first-order valence-corrected chi connectivity index (χ1v) is 7.17. The van der Waals surface area contributed by atoms with Gasteiger partial charge < -0.3 is 5.32 Å². The van der Waals surface area contributed by atoms with E-state index in [0.717, 1.165) is 6.07 Å². The van der Waals surface area contributed by atoms with Gasteiger partial charge in [0.2, 0.25) is 5.91 Å². The molecule has 0 atom stereocenters. The summed E-state index contributed by atoms with van der Waals surface area (Å²) in [6.07, 6.45) is 1.51. The normalized spacial score (nSPS) is 10.8. The molecular weight excluding hydrogens is 339 g/mol. The molecule has 122 valence electrons. The fraction of sp³-hybridized carbons (Fsp3) is 0.0667. The summed E-state index contributed by atoms with van der Waals surface area (Å²) >= 11 is 5.66. The Labute approximate surface area is 139 Å². The molecule has 0 aliphatic carbocycles. The minimum atomic E-state index is -0.583. The summed E-state index contributed by atoms with van der Waals surface area (Å²) in [6.45, 7) is -0.153. The van der Waals surface area contributed by atoms with Gasteiger partial charge in [-0.2, -0.15) is 5.10 Å². The Morgan fingerprint density at radius 1 is 1.33 bits per heavy atom. The number of nitrogens with zero attached hydrogens (tertiary/aromatic N) is 3. The van der Waals surface area contributed by atoms with Crippen molar-refractivity contribution in [2.45, 2.75) is 6.54 Å². The number of nitro benzene ring substituents is 1. The van der Waals surface area contributed by atoms with E-state index in [4.69, 9.17) is 11.6 Å². The van der Waals surface area contributed by atoms with Crippen molar-refractivity contribution in [3.05, 3.63) is 63.5 Å². The summed E-state index contributed by atoms with van der Waals surface area (Å²) in [6, 6.07) is 8.10. The number of amides is 1. The third-order valence-electron chi connectivity index (χ3n) is 3.34. The number of non-ortho nitro benzene ring substituents is 1. The maximum atomic E-state index is 13.1. The molecule has 0 spiro atoms. The third kappa shape index (κ3) is 3.18. The monoisotopic (exact) mass is 348 g/mol. The molecule has 9 heteroatoms. The van der Waals surface area contributed by atoms with Crippen LogP contribution in [0.4, 0.5) is 15.8 Å². The lowest BCUT2D eigenvalue weighted by atomic mass is 10.2. The highest BCUT2D eigenvalue weighted by Crippen LogP contribution is 2.21. The Bertz CT molecular complexity index is 957. The Balaban J connectivity index is 1.81. The van der Waals surface area contributed by atoms with Crippen LogP contribution in [0.3, 0.4) is 0 Å². The van der Waals surface area contributed by atoms with E-state index in [2.05, 4.69) is 10.4 Å². The van der Waals surface area contributed by atoms with Crippen molar-refractivity contribution in [3.63, 3.8) is 0 Å². The van der Waals surface area contributed by atoms with Crippen molar-refractivity contribution < 1.29 is 14.1 Å². The van der Waals surface area contributed by atoms with Crippen molar-refractivity contribution in [2.24, 2.45) is 0 Å². The van der Waals surface area contributed by atoms with Gasteiger partial charge in [0.05, 0.1) is 21.7 Å². The van der Waals surface area contributed by atoms with E-state index in [1.807, 2.05) is 0 Å². The second-order valence-corrected chi connectivity index (χ2v) is 5.39. The molecular formula is C15H10ClFN4O3. The zero-order valence-corrected chi connectivity index (χ0v) is 12.8. The number of aromatic nitrogens is 2. The zero-order chi connectivity index (χ0) is 17.3. The van der Waals surface area contributed by atoms with Crippen LogP contribution in [0.25, 0.3) is 10.9 Å². The quantitative estimate of drug-likeness (QED) is 0.578. The summed E-state index contributed by atoms with van der Waals surface area (Å²) in [5.74, 6) is -1.01. The van der Waals surface area contributed by atoms with Gasteiger partial charge in [0, 0.05) is 23.2 Å². The van der Waals surface area contributed by atoms with Gasteiger partial charge in [0.25, 0.3) is 5.69 Å². The molecule has 0 saturated carbocycles. The predicted molar refractivity (Wildman–Crippen MR) is 86.4 cm³/mol. The van der Waals surface area contributed by atoms with Gasteiger partial charge >= 0.3 is 0 Å². The Morgan fingerprint density at radius 2 is 2.12 bits per heavy atom. The molecule has 2 aromatic carbocycles. The van der Waals surface area contributed by atoms with E-state index in [-0.39, 0.29) is 17.3 Å². The molecule has 7 nitrogen and oxygen atoms in total. The number of nitro groups is 1. The Hall–Kier alpha value is -3.00. The molecule has 0 aliphatic heterocycles. The van der Waals surface area contributed by atoms with Crippen molar-refractivity contribution in [1.82, 2.24) is 9.78 Å². The van der Waals surface area contributed by atoms with Gasteiger partial charge in [0.1, 0.15) is 12.4 Å². The highest BCUT2D eigenvalue weighted by molar-refractivity contribution is 6.31. The maximum Gasteiger partial charge on any atom is 0.271 e. The lowest BCUT2D eigenvalue weighted by Gasteiger charge is -2.07. The summed E-state index contributed by atoms with van der Waals surface area (Å²) in [7, 11) is 0. The number of nitrogens with one attached hydrogen (secondary N) is 1. The standard InChI is InChI=1S/C15H10ClFN4O3/c16-12-5-10(2-4-13(12)17)19-15(22)8-20-14-6-11(21(23)24)3-1-9(14)7-18-20/h1-7H,8H2,(H,19,22). The van der Waals surface area contributed by atoms with Crippen molar-refractivity contribution >= 4 is 39.8 Å². The van der Waals surface area contributed by atoms with E-state index in [1.54, 1.807) is 6.07 Å². The van der Waals surface area contributed by atoms with E-state index in [9.17, 15) is 19.3 Å². The van der Waals surface area contributed by atoms with Crippen molar-refractivity contribution in [2.75, 3.05) is 5.32 Å². The number of hydrogen-bond donors (Lipinski definition) is 1. The number of benzene rings is 2. The molecule has 1 N–H and O–H groups in total. The van der Waals surface area contributed by atoms with E-state index >= 15 is 0 Å². The topological polar surface area (TPSA) is 90.1 Å². The van der Waals surface area contributed by atoms with E-state index in [0.29, 0.717) is 16.6 Å². The molecule has 3 rings (SSSR count). The zero-order valence-electron chi connectivity index (χ0n) is 12.1. The van der Waals surface area contributed by atoms with Crippen molar-refractivity contribution in [3.8, 4) is 0 Å². The number of carbonyl (C=O) groups excluding carboxylic acids is 1. The number of hydrogen-bond acceptors (Lipinski definition) is 4. The van der Waals surface area contributed by atoms with E-state index < -0.39 is 16.6 Å². The average molecular weight is 349 g/mol. The summed E-state index contributed by atoms with van der Waals surface area (Å²) in [5.41, 5.74) is 0.723. The van der Waals surface area contributed by atoms with Crippen LogP contribution < -0.4 is 5.32 Å². The van der Waals surface area contributed by atoms with E-state index in [1.165, 1.54) is 35.1 Å². The predicted octanol–water partition coefficient (Wildman–Crippen LogP) is 3.38. The Morgan fingerprint density at radius 3 is 2.83 bits per heavy atom. The summed E-state index contributed by atoms with van der Waals surface area (Å²) in [5, 5.41) is 18.1. The van der Waals surface area contributed by atoms with Crippen LogP contribution in [0, 0.1) is 15.9 Å². The maximum absolute atomic E-state index is 13.1. The molecule has 0 aliphatic rings. The average Bonchev–Trinajstić information content (AvgIpc) is 2.93. The minimum Gasteiger partial charge on any atom is -0.324 e. The van der Waals surface area contributed by atoms with Gasteiger partial charge in [-0.05, 0) is 24.3 Å². The fourth-order valence-corrected chi connectivity index (χ4v) is 2.39. The molecule has 3 aromatic rings. The van der Waals surface area contributed by atoms with Crippen LogP contribution in [-0.4, -0.2) is 20.6 Å². The SMILES string of the molecule is O=C(Cn1ncc2ccc([N+](=O)[O-])cc21)Nc1ccc(F)c(Cl)c1.